The van der Waals surface area contributed by atoms with E-state index in [9.17, 15) is 4.79 Å². The number of thioether (sulfide) groups is 1. The number of fused-ring (bicyclic) bond motifs is 1. The van der Waals surface area contributed by atoms with Crippen LogP contribution < -0.4 is 15.8 Å². The number of hydrogen-bond donors (Lipinski definition) is 2. The Balaban J connectivity index is 1.91. The molecule has 1 atom stereocenters. The minimum atomic E-state index is -0.317. The number of amides is 1. The number of nitrogens with zero attached hydrogens (tertiary/aromatic N) is 4. The smallest absolute Gasteiger partial charge is 0.270 e. The van der Waals surface area contributed by atoms with Crippen LogP contribution in [0.15, 0.2) is 58.8 Å². The van der Waals surface area contributed by atoms with Crippen molar-refractivity contribution in [2.24, 2.45) is 10.7 Å². The summed E-state index contributed by atoms with van der Waals surface area (Å²) in [7, 11) is 3.21. The first kappa shape index (κ1) is 25.3. The quantitative estimate of drug-likeness (QED) is 0.368. The first-order chi connectivity index (χ1) is 16.2. The summed E-state index contributed by atoms with van der Waals surface area (Å²) in [5.41, 5.74) is 9.19. The standard InChI is InChI=1S/C25H32N6O2S/c1-7-17(18-10-8-9-11-28-18)30-24(32)19(27-5)12-16(26)20-14-29-23-13-21(33-6)22(15-31(20)23)34-25(2,3)4/h8-15,17H,7,26H2,1-6H3,(H,30,32)/b16-12-,27-19?/t17-/m1/s1. The van der Waals surface area contributed by atoms with Crippen LogP contribution in [0.3, 0.4) is 0 Å². The lowest BCUT2D eigenvalue weighted by molar-refractivity contribution is -0.115. The second kappa shape index (κ2) is 10.7. The maximum absolute atomic E-state index is 13.0. The molecular formula is C25H32N6O2S. The zero-order chi connectivity index (χ0) is 24.9. The maximum Gasteiger partial charge on any atom is 0.270 e. The third-order valence-electron chi connectivity index (χ3n) is 5.03. The number of hydrogen-bond acceptors (Lipinski definition) is 7. The Morgan fingerprint density at radius 2 is 2.12 bits per heavy atom. The number of aliphatic imine (C=N–C) groups is 1. The number of ether oxygens (including phenoxy) is 1. The molecule has 34 heavy (non-hydrogen) atoms. The Morgan fingerprint density at radius 3 is 2.71 bits per heavy atom. The molecule has 3 aromatic heterocycles. The summed E-state index contributed by atoms with van der Waals surface area (Å²) in [6.45, 7) is 8.41. The highest BCUT2D eigenvalue weighted by molar-refractivity contribution is 8.00. The molecule has 3 N–H and O–H groups in total. The minimum Gasteiger partial charge on any atom is -0.495 e. The number of imidazole rings is 1. The van der Waals surface area contributed by atoms with Crippen LogP contribution in [0, 0.1) is 0 Å². The van der Waals surface area contributed by atoms with Crippen LogP contribution in [-0.2, 0) is 4.79 Å². The van der Waals surface area contributed by atoms with Gasteiger partial charge in [0.05, 0.1) is 41.3 Å². The van der Waals surface area contributed by atoms with E-state index in [0.717, 1.165) is 16.3 Å². The Morgan fingerprint density at radius 1 is 1.35 bits per heavy atom. The first-order valence-electron chi connectivity index (χ1n) is 11.1. The van der Waals surface area contributed by atoms with E-state index in [-0.39, 0.29) is 22.4 Å². The van der Waals surface area contributed by atoms with Gasteiger partial charge in [-0.25, -0.2) is 4.98 Å². The summed E-state index contributed by atoms with van der Waals surface area (Å²) in [5, 5.41) is 3.00. The molecule has 3 rings (SSSR count). The number of carbonyl (C=O) groups excluding carboxylic acids is 1. The Hall–Kier alpha value is -3.33. The SMILES string of the molecule is CC[C@@H](NC(=O)C(/C=C(\N)c1cnc2cc(OC)c(SC(C)(C)C)cn12)=NC)c1ccccn1. The van der Waals surface area contributed by atoms with Gasteiger partial charge < -0.3 is 15.8 Å². The average Bonchev–Trinajstić information content (AvgIpc) is 3.22. The summed E-state index contributed by atoms with van der Waals surface area (Å²) in [6.07, 6.45) is 7.62. The van der Waals surface area contributed by atoms with Crippen LogP contribution in [0.1, 0.15) is 51.5 Å². The largest absolute Gasteiger partial charge is 0.495 e. The molecule has 1 amide bonds. The normalized spacial score (nSPS) is 13.7. The third-order valence-corrected chi connectivity index (χ3v) is 6.17. The predicted molar refractivity (Wildman–Crippen MR) is 138 cm³/mol. The monoisotopic (exact) mass is 480 g/mol. The highest BCUT2D eigenvalue weighted by Crippen LogP contribution is 2.38. The van der Waals surface area contributed by atoms with Gasteiger partial charge in [0, 0.05) is 30.3 Å². The van der Waals surface area contributed by atoms with Gasteiger partial charge in [0.1, 0.15) is 17.1 Å². The molecule has 3 aromatic rings. The van der Waals surface area contributed by atoms with Crippen LogP contribution in [-0.4, -0.2) is 44.9 Å². The van der Waals surface area contributed by atoms with Crippen molar-refractivity contribution in [2.45, 2.75) is 49.8 Å². The van der Waals surface area contributed by atoms with Crippen molar-refractivity contribution in [1.29, 1.82) is 0 Å². The number of carbonyl (C=O) groups is 1. The second-order valence-corrected chi connectivity index (χ2v) is 10.6. The summed E-state index contributed by atoms with van der Waals surface area (Å²) in [5.74, 6) is 0.435. The van der Waals surface area contributed by atoms with Crippen LogP contribution in [0.5, 0.6) is 5.75 Å². The van der Waals surface area contributed by atoms with Crippen LogP contribution in [0.2, 0.25) is 0 Å². The fourth-order valence-corrected chi connectivity index (χ4v) is 4.48. The van der Waals surface area contributed by atoms with Crippen molar-refractivity contribution in [3.8, 4) is 5.75 Å². The molecule has 180 valence electrons. The molecule has 8 nitrogen and oxygen atoms in total. The Kier molecular flexibility index (Phi) is 7.98. The number of nitrogens with one attached hydrogen (secondary N) is 1. The molecule has 0 saturated carbocycles. The van der Waals surface area contributed by atoms with E-state index in [1.54, 1.807) is 44.4 Å². The Bertz CT molecular complexity index is 1210. The lowest BCUT2D eigenvalue weighted by Gasteiger charge is -2.19. The van der Waals surface area contributed by atoms with Gasteiger partial charge in [0.2, 0.25) is 0 Å². The first-order valence-corrected chi connectivity index (χ1v) is 11.9. The summed E-state index contributed by atoms with van der Waals surface area (Å²) >= 11 is 1.69. The van der Waals surface area contributed by atoms with Crippen molar-refractivity contribution >= 4 is 34.7 Å². The van der Waals surface area contributed by atoms with Crippen molar-refractivity contribution in [1.82, 2.24) is 19.7 Å². The van der Waals surface area contributed by atoms with Crippen LogP contribution >= 0.6 is 11.8 Å². The van der Waals surface area contributed by atoms with Crippen molar-refractivity contribution in [3.63, 3.8) is 0 Å². The molecule has 0 aliphatic rings. The van der Waals surface area contributed by atoms with Crippen LogP contribution in [0.25, 0.3) is 11.3 Å². The number of rotatable bonds is 8. The zero-order valence-corrected chi connectivity index (χ0v) is 21.3. The van der Waals surface area contributed by atoms with Crippen molar-refractivity contribution < 1.29 is 9.53 Å². The molecule has 9 heteroatoms. The van der Waals surface area contributed by atoms with Crippen molar-refractivity contribution in [3.05, 3.63) is 60.3 Å². The summed E-state index contributed by atoms with van der Waals surface area (Å²) in [4.78, 5) is 26.9. The van der Waals surface area contributed by atoms with E-state index in [4.69, 9.17) is 10.5 Å². The van der Waals surface area contributed by atoms with E-state index in [2.05, 4.69) is 41.0 Å². The van der Waals surface area contributed by atoms with Crippen molar-refractivity contribution in [2.75, 3.05) is 14.2 Å². The lowest BCUT2D eigenvalue weighted by Crippen LogP contribution is -2.34. The molecule has 0 bridgehead atoms. The summed E-state index contributed by atoms with van der Waals surface area (Å²) in [6, 6.07) is 7.29. The van der Waals surface area contributed by atoms with Gasteiger partial charge in [0.25, 0.3) is 5.91 Å². The average molecular weight is 481 g/mol. The molecule has 0 saturated heterocycles. The van der Waals surface area contributed by atoms with Gasteiger partial charge in [-0.05, 0) is 24.6 Å². The van der Waals surface area contributed by atoms with Gasteiger partial charge in [-0.3, -0.25) is 19.2 Å². The molecule has 0 aliphatic heterocycles. The number of nitrogens with two attached hydrogens (primary N) is 1. The predicted octanol–water partition coefficient (Wildman–Crippen LogP) is 4.27. The van der Waals surface area contributed by atoms with E-state index in [1.807, 2.05) is 41.8 Å². The van der Waals surface area contributed by atoms with Gasteiger partial charge in [-0.2, -0.15) is 0 Å². The maximum atomic E-state index is 13.0. The molecule has 3 heterocycles. The fourth-order valence-electron chi connectivity index (χ4n) is 3.42. The van der Waals surface area contributed by atoms with Crippen LogP contribution in [0.4, 0.5) is 0 Å². The van der Waals surface area contributed by atoms with E-state index in [1.165, 1.54) is 0 Å². The fraction of sp³-hybridized carbons (Fsp3) is 0.360. The third kappa shape index (κ3) is 5.96. The molecule has 0 aromatic carbocycles. The lowest BCUT2D eigenvalue weighted by atomic mass is 10.1. The molecule has 0 spiro atoms. The molecule has 0 aliphatic carbocycles. The van der Waals surface area contributed by atoms with E-state index in [0.29, 0.717) is 23.5 Å². The highest BCUT2D eigenvalue weighted by Gasteiger charge is 2.20. The summed E-state index contributed by atoms with van der Waals surface area (Å²) < 4.78 is 7.46. The minimum absolute atomic E-state index is 0.00730. The molecular weight excluding hydrogens is 448 g/mol. The number of methoxy groups -OCH3 is 1. The Labute approximate surface area is 204 Å². The number of aromatic nitrogens is 3. The highest BCUT2D eigenvalue weighted by atomic mass is 32.2. The number of pyridine rings is 2. The molecule has 0 radical (unpaired) electrons. The molecule has 0 fully saturated rings. The van der Waals surface area contributed by atoms with Gasteiger partial charge in [-0.15, -0.1) is 11.8 Å². The molecule has 0 unspecified atom stereocenters. The second-order valence-electron chi connectivity index (χ2n) is 8.69. The topological polar surface area (TPSA) is 107 Å². The van der Waals surface area contributed by atoms with Gasteiger partial charge >= 0.3 is 0 Å². The van der Waals surface area contributed by atoms with Gasteiger partial charge in [0.15, 0.2) is 0 Å². The van der Waals surface area contributed by atoms with E-state index >= 15 is 0 Å². The van der Waals surface area contributed by atoms with E-state index < -0.39 is 0 Å². The van der Waals surface area contributed by atoms with Gasteiger partial charge in [-0.1, -0.05) is 33.8 Å². The zero-order valence-electron chi connectivity index (χ0n) is 20.5.